The lowest BCUT2D eigenvalue weighted by atomic mass is 10.2. The number of aliphatic hydroxyl groups is 2. The zero-order valence-electron chi connectivity index (χ0n) is 11.5. The zero-order valence-corrected chi connectivity index (χ0v) is 11.5. The number of hydrogen-bond acceptors (Lipinski definition) is 6. The number of aryl methyl sites for hydroxylation is 1. The maximum absolute atomic E-state index is 9.40. The summed E-state index contributed by atoms with van der Waals surface area (Å²) in [6.07, 6.45) is 0.874. The van der Waals surface area contributed by atoms with Crippen molar-refractivity contribution in [3.8, 4) is 11.5 Å². The highest BCUT2D eigenvalue weighted by molar-refractivity contribution is 5.56. The van der Waals surface area contributed by atoms with Gasteiger partial charge in [-0.3, -0.25) is 4.98 Å². The number of nitrogens with zero attached hydrogens (tertiary/aromatic N) is 3. The summed E-state index contributed by atoms with van der Waals surface area (Å²) >= 11 is 0. The summed E-state index contributed by atoms with van der Waals surface area (Å²) in [5.74, 6) is 1.18. The van der Waals surface area contributed by atoms with E-state index in [-0.39, 0.29) is 13.2 Å². The fourth-order valence-electron chi connectivity index (χ4n) is 1.69. The third-order valence-electron chi connectivity index (χ3n) is 3.00. The molecule has 0 bridgehead atoms. The molecule has 106 valence electrons. The molecule has 0 aromatic carbocycles. The number of anilines is 1. The number of aromatic nitrogens is 3. The second-order valence-electron chi connectivity index (χ2n) is 4.54. The summed E-state index contributed by atoms with van der Waals surface area (Å²) in [6, 6.07) is 5.56. The van der Waals surface area contributed by atoms with Gasteiger partial charge >= 0.3 is 0 Å². The highest BCUT2D eigenvalue weighted by atomic mass is 16.3. The summed E-state index contributed by atoms with van der Waals surface area (Å²) in [6.45, 7) is 3.75. The molecule has 0 saturated heterocycles. The highest BCUT2D eigenvalue weighted by Gasteiger charge is 2.11. The van der Waals surface area contributed by atoms with Gasteiger partial charge in [0.2, 0.25) is 0 Å². The fourth-order valence-corrected chi connectivity index (χ4v) is 1.69. The molecule has 0 aliphatic carbocycles. The number of aliphatic hydroxyl groups excluding tert-OH is 2. The van der Waals surface area contributed by atoms with Crippen LogP contribution in [0.3, 0.4) is 0 Å². The van der Waals surface area contributed by atoms with Crippen LogP contribution in [-0.4, -0.2) is 44.4 Å². The van der Waals surface area contributed by atoms with Crippen molar-refractivity contribution in [2.24, 2.45) is 0 Å². The second kappa shape index (κ2) is 6.40. The summed E-state index contributed by atoms with van der Waals surface area (Å²) in [4.78, 5) is 13.1. The summed E-state index contributed by atoms with van der Waals surface area (Å²) < 4.78 is 0. The van der Waals surface area contributed by atoms with Crippen LogP contribution in [-0.2, 0) is 0 Å². The molecule has 0 saturated carbocycles. The lowest BCUT2D eigenvalue weighted by molar-refractivity contribution is 0.105. The van der Waals surface area contributed by atoms with Crippen LogP contribution in [0, 0.1) is 13.8 Å². The van der Waals surface area contributed by atoms with Gasteiger partial charge in [-0.05, 0) is 26.0 Å². The molecule has 0 aliphatic heterocycles. The van der Waals surface area contributed by atoms with Crippen LogP contribution in [0.5, 0.6) is 0 Å². The average molecular weight is 274 g/mol. The molecule has 1 atom stereocenters. The van der Waals surface area contributed by atoms with E-state index < -0.39 is 6.10 Å². The number of pyridine rings is 1. The maximum atomic E-state index is 9.40. The molecule has 1 unspecified atom stereocenters. The molecule has 20 heavy (non-hydrogen) atoms. The van der Waals surface area contributed by atoms with Gasteiger partial charge in [0.15, 0.2) is 5.82 Å². The SMILES string of the molecule is Cc1nc(-c2ccccn2)nc(NCC(O)CO)c1C. The van der Waals surface area contributed by atoms with E-state index in [1.165, 1.54) is 0 Å². The van der Waals surface area contributed by atoms with Crippen molar-refractivity contribution in [2.45, 2.75) is 20.0 Å². The quantitative estimate of drug-likeness (QED) is 0.751. The first kappa shape index (κ1) is 14.4. The van der Waals surface area contributed by atoms with Crippen LogP contribution in [0.25, 0.3) is 11.5 Å². The predicted molar refractivity (Wildman–Crippen MR) is 76.3 cm³/mol. The molecule has 0 spiro atoms. The Balaban J connectivity index is 2.30. The van der Waals surface area contributed by atoms with Crippen LogP contribution < -0.4 is 5.32 Å². The average Bonchev–Trinajstić information content (AvgIpc) is 2.49. The lowest BCUT2D eigenvalue weighted by Gasteiger charge is -2.14. The minimum Gasteiger partial charge on any atom is -0.394 e. The largest absolute Gasteiger partial charge is 0.394 e. The van der Waals surface area contributed by atoms with Crippen molar-refractivity contribution in [3.63, 3.8) is 0 Å². The Labute approximate surface area is 117 Å². The summed E-state index contributed by atoms with van der Waals surface area (Å²) in [5.41, 5.74) is 2.46. The van der Waals surface area contributed by atoms with Gasteiger partial charge in [-0.15, -0.1) is 0 Å². The van der Waals surface area contributed by atoms with E-state index in [2.05, 4.69) is 20.3 Å². The molecule has 2 aromatic heterocycles. The number of nitrogens with one attached hydrogen (secondary N) is 1. The Kier molecular flexibility index (Phi) is 4.60. The second-order valence-corrected chi connectivity index (χ2v) is 4.54. The van der Waals surface area contributed by atoms with Crippen molar-refractivity contribution in [2.75, 3.05) is 18.5 Å². The summed E-state index contributed by atoms with van der Waals surface area (Å²) in [7, 11) is 0. The normalized spacial score (nSPS) is 12.2. The first-order valence-electron chi connectivity index (χ1n) is 6.41. The van der Waals surface area contributed by atoms with E-state index >= 15 is 0 Å². The minimum atomic E-state index is -0.817. The minimum absolute atomic E-state index is 0.232. The number of rotatable bonds is 5. The van der Waals surface area contributed by atoms with Crippen molar-refractivity contribution in [1.29, 1.82) is 0 Å². The van der Waals surface area contributed by atoms with Crippen molar-refractivity contribution in [3.05, 3.63) is 35.7 Å². The van der Waals surface area contributed by atoms with Crippen molar-refractivity contribution < 1.29 is 10.2 Å². The van der Waals surface area contributed by atoms with Crippen LogP contribution in [0.4, 0.5) is 5.82 Å². The first-order valence-corrected chi connectivity index (χ1v) is 6.41. The van der Waals surface area contributed by atoms with E-state index in [9.17, 15) is 5.11 Å². The van der Waals surface area contributed by atoms with Gasteiger partial charge in [-0.2, -0.15) is 0 Å². The molecule has 6 nitrogen and oxygen atoms in total. The van der Waals surface area contributed by atoms with Crippen LogP contribution >= 0.6 is 0 Å². The third kappa shape index (κ3) is 3.28. The Bertz CT molecular complexity index is 575. The number of hydrogen-bond donors (Lipinski definition) is 3. The standard InChI is InChI=1S/C14H18N4O2/c1-9-10(2)17-14(12-5-3-4-6-15-12)18-13(9)16-7-11(20)8-19/h3-6,11,19-20H,7-8H2,1-2H3,(H,16,17,18). The molecule has 0 radical (unpaired) electrons. The molecular weight excluding hydrogens is 256 g/mol. The van der Waals surface area contributed by atoms with Crippen LogP contribution in [0.2, 0.25) is 0 Å². The fraction of sp³-hybridized carbons (Fsp3) is 0.357. The van der Waals surface area contributed by atoms with Gasteiger partial charge in [0, 0.05) is 24.0 Å². The Morgan fingerprint density at radius 2 is 2.05 bits per heavy atom. The summed E-state index contributed by atoms with van der Waals surface area (Å²) in [5, 5.41) is 21.3. The van der Waals surface area contributed by atoms with E-state index in [0.717, 1.165) is 11.3 Å². The maximum Gasteiger partial charge on any atom is 0.180 e. The zero-order chi connectivity index (χ0) is 14.5. The van der Waals surface area contributed by atoms with Gasteiger partial charge in [0.25, 0.3) is 0 Å². The highest BCUT2D eigenvalue weighted by Crippen LogP contribution is 2.20. The van der Waals surface area contributed by atoms with Gasteiger partial charge in [-0.1, -0.05) is 6.07 Å². The van der Waals surface area contributed by atoms with Gasteiger partial charge < -0.3 is 15.5 Å². The van der Waals surface area contributed by atoms with Gasteiger partial charge in [0.05, 0.1) is 12.7 Å². The Morgan fingerprint density at radius 1 is 1.25 bits per heavy atom. The van der Waals surface area contributed by atoms with Crippen molar-refractivity contribution >= 4 is 5.82 Å². The lowest BCUT2D eigenvalue weighted by Crippen LogP contribution is -2.24. The molecule has 2 rings (SSSR count). The van der Waals surface area contributed by atoms with Crippen LogP contribution in [0.15, 0.2) is 24.4 Å². The molecule has 2 aromatic rings. The molecule has 6 heteroatoms. The Morgan fingerprint density at radius 3 is 2.70 bits per heavy atom. The molecule has 0 aliphatic rings. The van der Waals surface area contributed by atoms with Gasteiger partial charge in [-0.25, -0.2) is 9.97 Å². The predicted octanol–water partition coefficient (Wildman–Crippen LogP) is 0.921. The molecule has 3 N–H and O–H groups in total. The molecular formula is C14H18N4O2. The monoisotopic (exact) mass is 274 g/mol. The Hall–Kier alpha value is -2.05. The van der Waals surface area contributed by atoms with E-state index in [0.29, 0.717) is 17.3 Å². The van der Waals surface area contributed by atoms with E-state index in [1.807, 2.05) is 32.0 Å². The smallest absolute Gasteiger partial charge is 0.180 e. The topological polar surface area (TPSA) is 91.2 Å². The molecule has 2 heterocycles. The van der Waals surface area contributed by atoms with E-state index in [4.69, 9.17) is 5.11 Å². The van der Waals surface area contributed by atoms with Crippen LogP contribution in [0.1, 0.15) is 11.3 Å². The van der Waals surface area contributed by atoms with E-state index in [1.54, 1.807) is 6.20 Å². The van der Waals surface area contributed by atoms with Gasteiger partial charge in [0.1, 0.15) is 11.5 Å². The first-order chi connectivity index (χ1) is 9.61. The molecule has 0 amide bonds. The van der Waals surface area contributed by atoms with Crippen molar-refractivity contribution in [1.82, 2.24) is 15.0 Å². The third-order valence-corrected chi connectivity index (χ3v) is 3.00. The molecule has 0 fully saturated rings.